The fourth-order valence-corrected chi connectivity index (χ4v) is 4.08. The van der Waals surface area contributed by atoms with Crippen molar-refractivity contribution in [3.63, 3.8) is 0 Å². The first kappa shape index (κ1) is 23.1. The average molecular weight is 406 g/mol. The molecule has 0 radical (unpaired) electrons. The van der Waals surface area contributed by atoms with E-state index in [0.29, 0.717) is 17.8 Å². The topological polar surface area (TPSA) is 18.5 Å². The Kier molecular flexibility index (Phi) is 6.29. The van der Waals surface area contributed by atoms with Crippen LogP contribution in [0.4, 0.5) is 0 Å². The van der Waals surface area contributed by atoms with Crippen LogP contribution in [0.3, 0.4) is 0 Å². The van der Waals surface area contributed by atoms with E-state index in [1.807, 2.05) is 0 Å². The summed E-state index contributed by atoms with van der Waals surface area (Å²) in [6.45, 7) is 22.1. The van der Waals surface area contributed by atoms with Crippen LogP contribution in [0.15, 0.2) is 36.4 Å². The Morgan fingerprint density at radius 2 is 1.10 bits per heavy atom. The molecule has 2 nitrogen and oxygen atoms in total. The van der Waals surface area contributed by atoms with E-state index >= 15 is 0 Å². The summed E-state index contributed by atoms with van der Waals surface area (Å²) in [6, 6.07) is 13.6. The van der Waals surface area contributed by atoms with Gasteiger partial charge in [0, 0.05) is 0 Å². The fourth-order valence-electron chi connectivity index (χ4n) is 4.08. The van der Waals surface area contributed by atoms with Crippen LogP contribution in [-0.4, -0.2) is 18.3 Å². The smallest absolute Gasteiger partial charge is 0.399 e. The molecule has 1 heterocycles. The van der Waals surface area contributed by atoms with Crippen molar-refractivity contribution >= 4 is 12.6 Å². The third-order valence-corrected chi connectivity index (χ3v) is 6.86. The largest absolute Gasteiger partial charge is 0.494 e. The second-order valence-electron chi connectivity index (χ2n) is 10.7. The SMILES string of the molecule is CC(C)c1cc(C(C)C)c(-c2ccc(B3OC(C)(C)C(C)(C)O3)cc2)c(C(C)C)c1. The molecule has 1 saturated heterocycles. The Labute approximate surface area is 184 Å². The number of hydrogen-bond acceptors (Lipinski definition) is 2. The lowest BCUT2D eigenvalue weighted by atomic mass is 9.77. The highest BCUT2D eigenvalue weighted by molar-refractivity contribution is 6.62. The van der Waals surface area contributed by atoms with Gasteiger partial charge in [-0.25, -0.2) is 0 Å². The molecule has 162 valence electrons. The van der Waals surface area contributed by atoms with Crippen LogP contribution >= 0.6 is 0 Å². The zero-order chi connectivity index (χ0) is 22.4. The van der Waals surface area contributed by atoms with Gasteiger partial charge in [0.05, 0.1) is 11.2 Å². The van der Waals surface area contributed by atoms with Crippen molar-refractivity contribution in [3.05, 3.63) is 53.1 Å². The molecule has 2 aromatic rings. The van der Waals surface area contributed by atoms with E-state index in [0.717, 1.165) is 5.46 Å². The minimum atomic E-state index is -0.321. The molecule has 0 aliphatic carbocycles. The molecule has 1 aliphatic rings. The maximum atomic E-state index is 6.24. The van der Waals surface area contributed by atoms with Crippen molar-refractivity contribution in [1.82, 2.24) is 0 Å². The third kappa shape index (κ3) is 4.25. The monoisotopic (exact) mass is 406 g/mol. The van der Waals surface area contributed by atoms with Crippen molar-refractivity contribution in [2.45, 2.75) is 98.2 Å². The molecule has 2 aromatic carbocycles. The second-order valence-corrected chi connectivity index (χ2v) is 10.7. The summed E-state index contributed by atoms with van der Waals surface area (Å²) in [7, 11) is -0.318. The van der Waals surface area contributed by atoms with Crippen LogP contribution in [0.5, 0.6) is 0 Å². The molecule has 0 amide bonds. The highest BCUT2D eigenvalue weighted by Crippen LogP contribution is 2.39. The van der Waals surface area contributed by atoms with Crippen LogP contribution in [0.1, 0.15) is 104 Å². The van der Waals surface area contributed by atoms with Gasteiger partial charge in [-0.05, 0) is 78.7 Å². The zero-order valence-electron chi connectivity index (χ0n) is 20.6. The standard InChI is InChI=1S/C27H39BO2/c1-17(2)21-15-23(18(3)4)25(24(16-21)19(5)6)20-11-13-22(14-12-20)28-29-26(7,8)27(9,10)30-28/h11-19H,1-10H3. The molecule has 1 aliphatic heterocycles. The molecule has 0 atom stereocenters. The number of hydrogen-bond donors (Lipinski definition) is 0. The van der Waals surface area contributed by atoms with Gasteiger partial charge in [0.1, 0.15) is 0 Å². The molecule has 30 heavy (non-hydrogen) atoms. The summed E-state index contributed by atoms with van der Waals surface area (Å²) < 4.78 is 12.5. The first-order valence-electron chi connectivity index (χ1n) is 11.5. The molecule has 0 spiro atoms. The van der Waals surface area contributed by atoms with E-state index < -0.39 is 0 Å². The molecule has 1 fully saturated rings. The lowest BCUT2D eigenvalue weighted by Crippen LogP contribution is -2.41. The summed E-state index contributed by atoms with van der Waals surface area (Å²) in [6.07, 6.45) is 0. The van der Waals surface area contributed by atoms with Gasteiger partial charge in [-0.3, -0.25) is 0 Å². The zero-order valence-corrected chi connectivity index (χ0v) is 20.6. The van der Waals surface area contributed by atoms with Crippen molar-refractivity contribution in [3.8, 4) is 11.1 Å². The van der Waals surface area contributed by atoms with E-state index in [1.165, 1.54) is 27.8 Å². The number of rotatable bonds is 5. The maximum Gasteiger partial charge on any atom is 0.494 e. The van der Waals surface area contributed by atoms with Gasteiger partial charge in [-0.15, -0.1) is 0 Å². The Bertz CT molecular complexity index is 847. The molecule has 0 N–H and O–H groups in total. The summed E-state index contributed by atoms with van der Waals surface area (Å²) in [5.74, 6) is 1.47. The molecule has 0 saturated carbocycles. The van der Waals surface area contributed by atoms with E-state index in [4.69, 9.17) is 9.31 Å². The second kappa shape index (κ2) is 8.17. The van der Waals surface area contributed by atoms with Crippen LogP contribution in [0.2, 0.25) is 0 Å². The maximum absolute atomic E-state index is 6.24. The molecule has 3 heteroatoms. The predicted octanol–water partition coefficient (Wildman–Crippen LogP) is 7.02. The van der Waals surface area contributed by atoms with Gasteiger partial charge in [-0.1, -0.05) is 77.9 Å². The summed E-state index contributed by atoms with van der Waals surface area (Å²) in [4.78, 5) is 0. The van der Waals surface area contributed by atoms with Crippen molar-refractivity contribution in [2.75, 3.05) is 0 Å². The van der Waals surface area contributed by atoms with Crippen molar-refractivity contribution in [1.29, 1.82) is 0 Å². The molecule has 3 rings (SSSR count). The molecule has 0 aromatic heterocycles. The summed E-state index contributed by atoms with van der Waals surface area (Å²) >= 11 is 0. The minimum Gasteiger partial charge on any atom is -0.399 e. The Hall–Kier alpha value is -1.58. The molecular weight excluding hydrogens is 367 g/mol. The highest BCUT2D eigenvalue weighted by Gasteiger charge is 2.51. The fraction of sp³-hybridized carbons (Fsp3) is 0.556. The quantitative estimate of drug-likeness (QED) is 0.497. The molecule has 0 bridgehead atoms. The normalized spacial score (nSPS) is 18.1. The summed E-state index contributed by atoms with van der Waals surface area (Å²) in [5.41, 5.74) is 7.41. The molecule has 0 unspecified atom stereocenters. The van der Waals surface area contributed by atoms with Crippen LogP contribution < -0.4 is 5.46 Å². The van der Waals surface area contributed by atoms with Crippen molar-refractivity contribution < 1.29 is 9.31 Å². The number of benzene rings is 2. The van der Waals surface area contributed by atoms with E-state index in [1.54, 1.807) is 0 Å². The van der Waals surface area contributed by atoms with E-state index in [-0.39, 0.29) is 18.3 Å². The average Bonchev–Trinajstić information content (AvgIpc) is 2.88. The predicted molar refractivity (Wildman–Crippen MR) is 130 cm³/mol. The van der Waals surface area contributed by atoms with E-state index in [9.17, 15) is 0 Å². The lowest BCUT2D eigenvalue weighted by molar-refractivity contribution is 0.00578. The lowest BCUT2D eigenvalue weighted by Gasteiger charge is -2.32. The van der Waals surface area contributed by atoms with Gasteiger partial charge < -0.3 is 9.31 Å². The first-order valence-corrected chi connectivity index (χ1v) is 11.5. The van der Waals surface area contributed by atoms with Crippen LogP contribution in [-0.2, 0) is 9.31 Å². The van der Waals surface area contributed by atoms with Gasteiger partial charge in [-0.2, -0.15) is 0 Å². The van der Waals surface area contributed by atoms with Gasteiger partial charge in [0.15, 0.2) is 0 Å². The highest BCUT2D eigenvalue weighted by atomic mass is 16.7. The van der Waals surface area contributed by atoms with Gasteiger partial charge in [0.25, 0.3) is 0 Å². The Morgan fingerprint density at radius 3 is 1.47 bits per heavy atom. The molecular formula is C27H39BO2. The van der Waals surface area contributed by atoms with Gasteiger partial charge in [0.2, 0.25) is 0 Å². The minimum absolute atomic E-state index is 0.318. The van der Waals surface area contributed by atoms with Gasteiger partial charge >= 0.3 is 7.12 Å². The van der Waals surface area contributed by atoms with E-state index in [2.05, 4.69) is 106 Å². The Balaban J connectivity index is 2.04. The van der Waals surface area contributed by atoms with Crippen LogP contribution in [0, 0.1) is 0 Å². The first-order chi connectivity index (χ1) is 13.8. The summed E-state index contributed by atoms with van der Waals surface area (Å²) in [5, 5.41) is 0. The Morgan fingerprint density at radius 1 is 0.667 bits per heavy atom. The van der Waals surface area contributed by atoms with Crippen molar-refractivity contribution in [2.24, 2.45) is 0 Å². The van der Waals surface area contributed by atoms with Crippen LogP contribution in [0.25, 0.3) is 11.1 Å². The third-order valence-electron chi connectivity index (χ3n) is 6.86.